The summed E-state index contributed by atoms with van der Waals surface area (Å²) in [5, 5.41) is 1.91. The molecule has 0 aliphatic carbocycles. The zero-order valence-corrected chi connectivity index (χ0v) is 11.5. The van der Waals surface area contributed by atoms with Gasteiger partial charge in [-0.25, -0.2) is 4.98 Å². The summed E-state index contributed by atoms with van der Waals surface area (Å²) in [6.07, 6.45) is 2.69. The molecule has 0 spiro atoms. The molecule has 6 heteroatoms. The Bertz CT molecular complexity index is 725. The number of fused-ring (bicyclic) bond motifs is 1. The highest BCUT2D eigenvalue weighted by molar-refractivity contribution is 7.15. The Hall–Kier alpha value is -2.08. The van der Waals surface area contributed by atoms with E-state index in [4.69, 9.17) is 4.42 Å². The van der Waals surface area contributed by atoms with Crippen molar-refractivity contribution < 1.29 is 9.21 Å². The van der Waals surface area contributed by atoms with Crippen molar-refractivity contribution >= 4 is 28.4 Å². The zero-order valence-electron chi connectivity index (χ0n) is 10.7. The number of aromatic nitrogens is 2. The van der Waals surface area contributed by atoms with Gasteiger partial charge in [0.25, 0.3) is 0 Å². The average Bonchev–Trinajstić information content (AvgIpc) is 3.03. The number of carbonyl (C=O) groups is 1. The summed E-state index contributed by atoms with van der Waals surface area (Å²) in [7, 11) is 1.90. The lowest BCUT2D eigenvalue weighted by molar-refractivity contribution is 0.111. The van der Waals surface area contributed by atoms with Gasteiger partial charge < -0.3 is 9.32 Å². The molecule has 0 saturated carbocycles. The van der Waals surface area contributed by atoms with E-state index in [-0.39, 0.29) is 0 Å². The Morgan fingerprint density at radius 1 is 1.53 bits per heavy atom. The molecule has 0 atom stereocenters. The summed E-state index contributed by atoms with van der Waals surface area (Å²) in [6, 6.07) is 3.86. The number of hydrogen-bond donors (Lipinski definition) is 0. The quantitative estimate of drug-likeness (QED) is 0.687. The van der Waals surface area contributed by atoms with E-state index in [1.54, 1.807) is 4.40 Å². The number of aryl methyl sites for hydroxylation is 1. The van der Waals surface area contributed by atoms with E-state index in [2.05, 4.69) is 4.98 Å². The van der Waals surface area contributed by atoms with Gasteiger partial charge >= 0.3 is 0 Å². The van der Waals surface area contributed by atoms with Crippen molar-refractivity contribution in [3.05, 3.63) is 40.9 Å². The topological polar surface area (TPSA) is 50.8 Å². The van der Waals surface area contributed by atoms with Gasteiger partial charge in [0.15, 0.2) is 17.1 Å². The Kier molecular flexibility index (Phi) is 2.87. The van der Waals surface area contributed by atoms with Gasteiger partial charge in [-0.15, -0.1) is 11.3 Å². The predicted octanol–water partition coefficient (Wildman–Crippen LogP) is 2.75. The molecule has 0 radical (unpaired) electrons. The summed E-state index contributed by atoms with van der Waals surface area (Å²) in [4.78, 5) is 18.5. The summed E-state index contributed by atoms with van der Waals surface area (Å²) in [5.74, 6) is 2.41. The van der Waals surface area contributed by atoms with Crippen LogP contribution in [0.3, 0.4) is 0 Å². The molecule has 3 rings (SSSR count). The highest BCUT2D eigenvalue weighted by Crippen LogP contribution is 2.24. The minimum Gasteiger partial charge on any atom is -0.464 e. The normalized spacial score (nSPS) is 11.1. The van der Waals surface area contributed by atoms with Crippen LogP contribution in [-0.2, 0) is 6.54 Å². The molecule has 5 nitrogen and oxygen atoms in total. The largest absolute Gasteiger partial charge is 0.464 e. The molecule has 0 aliphatic rings. The molecule has 3 aromatic rings. The fraction of sp³-hybridized carbons (Fsp3) is 0.231. The molecular formula is C13H13N3O2S. The van der Waals surface area contributed by atoms with E-state index in [0.717, 1.165) is 22.8 Å². The maximum absolute atomic E-state index is 11.3. The van der Waals surface area contributed by atoms with Crippen LogP contribution in [-0.4, -0.2) is 22.7 Å². The third kappa shape index (κ3) is 2.04. The van der Waals surface area contributed by atoms with E-state index in [1.807, 2.05) is 42.6 Å². The second-order valence-corrected chi connectivity index (χ2v) is 5.24. The lowest BCUT2D eigenvalue weighted by Crippen LogP contribution is -2.18. The van der Waals surface area contributed by atoms with Gasteiger partial charge in [0.2, 0.25) is 0 Å². The average molecular weight is 275 g/mol. The van der Waals surface area contributed by atoms with Crippen LogP contribution < -0.4 is 4.90 Å². The number of imidazole rings is 1. The number of thiazole rings is 1. The van der Waals surface area contributed by atoms with Gasteiger partial charge in [-0.2, -0.15) is 0 Å². The molecule has 19 heavy (non-hydrogen) atoms. The van der Waals surface area contributed by atoms with Gasteiger partial charge in [-0.1, -0.05) is 0 Å². The molecular weight excluding hydrogens is 262 g/mol. The Morgan fingerprint density at radius 3 is 3.05 bits per heavy atom. The van der Waals surface area contributed by atoms with Crippen LogP contribution in [0.4, 0.5) is 5.82 Å². The van der Waals surface area contributed by atoms with Crippen molar-refractivity contribution in [2.24, 2.45) is 0 Å². The number of anilines is 1. The van der Waals surface area contributed by atoms with Crippen molar-refractivity contribution in [1.82, 2.24) is 9.38 Å². The molecule has 98 valence electrons. The first kappa shape index (κ1) is 12.0. The second kappa shape index (κ2) is 4.55. The standard InChI is InChI=1S/C13H13N3O2S/c1-9-3-4-10(18-9)7-15(2)12-11(8-17)16-5-6-19-13(16)14-12/h3-6,8H,7H2,1-2H3. The second-order valence-electron chi connectivity index (χ2n) is 4.36. The molecule has 3 aromatic heterocycles. The lowest BCUT2D eigenvalue weighted by atomic mass is 10.3. The predicted molar refractivity (Wildman–Crippen MR) is 74.0 cm³/mol. The van der Waals surface area contributed by atoms with Crippen molar-refractivity contribution in [2.75, 3.05) is 11.9 Å². The number of rotatable bonds is 4. The Morgan fingerprint density at radius 2 is 2.37 bits per heavy atom. The van der Waals surface area contributed by atoms with Crippen molar-refractivity contribution in [3.63, 3.8) is 0 Å². The molecule has 0 fully saturated rings. The van der Waals surface area contributed by atoms with Crippen LogP contribution in [0, 0.1) is 6.92 Å². The van der Waals surface area contributed by atoms with Crippen molar-refractivity contribution in [1.29, 1.82) is 0 Å². The molecule has 0 aromatic carbocycles. The van der Waals surface area contributed by atoms with Crippen molar-refractivity contribution in [3.8, 4) is 0 Å². The van der Waals surface area contributed by atoms with E-state index in [1.165, 1.54) is 11.3 Å². The highest BCUT2D eigenvalue weighted by atomic mass is 32.1. The van der Waals surface area contributed by atoms with E-state index in [9.17, 15) is 4.79 Å². The zero-order chi connectivity index (χ0) is 13.4. The SMILES string of the molecule is Cc1ccc(CN(C)c2nc3sccn3c2C=O)o1. The number of nitrogens with zero attached hydrogens (tertiary/aromatic N) is 3. The van der Waals surface area contributed by atoms with Gasteiger partial charge in [0, 0.05) is 18.6 Å². The van der Waals surface area contributed by atoms with Crippen molar-refractivity contribution in [2.45, 2.75) is 13.5 Å². The lowest BCUT2D eigenvalue weighted by Gasteiger charge is -2.15. The highest BCUT2D eigenvalue weighted by Gasteiger charge is 2.17. The van der Waals surface area contributed by atoms with Gasteiger partial charge in [-0.05, 0) is 19.1 Å². The number of aldehydes is 1. The van der Waals surface area contributed by atoms with Crippen LogP contribution in [0.15, 0.2) is 28.1 Å². The summed E-state index contributed by atoms with van der Waals surface area (Å²) < 4.78 is 7.35. The fourth-order valence-corrected chi connectivity index (χ4v) is 2.78. The van der Waals surface area contributed by atoms with Gasteiger partial charge in [0.1, 0.15) is 17.2 Å². The van der Waals surface area contributed by atoms with Crippen LogP contribution in [0.25, 0.3) is 4.96 Å². The van der Waals surface area contributed by atoms with Gasteiger partial charge in [-0.3, -0.25) is 9.20 Å². The molecule has 0 N–H and O–H groups in total. The molecule has 0 bridgehead atoms. The monoisotopic (exact) mass is 275 g/mol. The minimum atomic E-state index is 0.571. The Labute approximate surface area is 114 Å². The van der Waals surface area contributed by atoms with E-state index in [0.29, 0.717) is 18.1 Å². The molecule has 0 unspecified atom stereocenters. The maximum Gasteiger partial charge on any atom is 0.196 e. The van der Waals surface area contributed by atoms with E-state index >= 15 is 0 Å². The molecule has 3 heterocycles. The molecule has 0 saturated heterocycles. The Balaban J connectivity index is 1.94. The minimum absolute atomic E-state index is 0.571. The third-order valence-corrected chi connectivity index (χ3v) is 3.70. The molecule has 0 amide bonds. The summed E-state index contributed by atoms with van der Waals surface area (Å²) in [5.41, 5.74) is 0.571. The van der Waals surface area contributed by atoms with E-state index < -0.39 is 0 Å². The summed E-state index contributed by atoms with van der Waals surface area (Å²) in [6.45, 7) is 2.49. The first-order chi connectivity index (χ1) is 9.19. The first-order valence-electron chi connectivity index (χ1n) is 5.86. The number of furan rings is 1. The molecule has 0 aliphatic heterocycles. The fourth-order valence-electron chi connectivity index (χ4n) is 2.06. The van der Waals surface area contributed by atoms with Crippen LogP contribution in [0.1, 0.15) is 22.0 Å². The van der Waals surface area contributed by atoms with Gasteiger partial charge in [0.05, 0.1) is 6.54 Å². The maximum atomic E-state index is 11.3. The number of hydrogen-bond acceptors (Lipinski definition) is 5. The third-order valence-electron chi connectivity index (χ3n) is 2.94. The van der Waals surface area contributed by atoms with Crippen LogP contribution >= 0.6 is 11.3 Å². The van der Waals surface area contributed by atoms with Crippen LogP contribution in [0.2, 0.25) is 0 Å². The summed E-state index contributed by atoms with van der Waals surface area (Å²) >= 11 is 1.51. The first-order valence-corrected chi connectivity index (χ1v) is 6.74. The number of carbonyl (C=O) groups excluding carboxylic acids is 1. The smallest absolute Gasteiger partial charge is 0.196 e. The van der Waals surface area contributed by atoms with Crippen LogP contribution in [0.5, 0.6) is 0 Å².